The lowest BCUT2D eigenvalue weighted by Crippen LogP contribution is -2.38. The SMILES string of the molecule is COc1ccc(-c2nc(CNC(=O)NC(C)C)sc2-c2ccc(OC)cc2)cc1. The van der Waals surface area contributed by atoms with Gasteiger partial charge in [-0.15, -0.1) is 11.3 Å². The number of hydrogen-bond donors (Lipinski definition) is 2. The molecule has 2 N–H and O–H groups in total. The van der Waals surface area contributed by atoms with Crippen LogP contribution in [0.5, 0.6) is 11.5 Å². The molecule has 0 atom stereocenters. The first kappa shape index (κ1) is 20.7. The Morgan fingerprint density at radius 2 is 1.52 bits per heavy atom. The molecule has 2 amide bonds. The van der Waals surface area contributed by atoms with Gasteiger partial charge in [0, 0.05) is 11.6 Å². The van der Waals surface area contributed by atoms with Gasteiger partial charge >= 0.3 is 6.03 Å². The minimum Gasteiger partial charge on any atom is -0.497 e. The zero-order valence-electron chi connectivity index (χ0n) is 17.0. The molecular weight excluding hydrogens is 386 g/mol. The molecule has 0 unspecified atom stereocenters. The number of carbonyl (C=O) groups is 1. The summed E-state index contributed by atoms with van der Waals surface area (Å²) < 4.78 is 10.5. The summed E-state index contributed by atoms with van der Waals surface area (Å²) in [6, 6.07) is 15.6. The molecule has 0 radical (unpaired) electrons. The second-order valence-electron chi connectivity index (χ2n) is 6.72. The van der Waals surface area contributed by atoms with Gasteiger partial charge in [0.05, 0.1) is 31.3 Å². The van der Waals surface area contributed by atoms with Crippen LogP contribution in [-0.2, 0) is 6.54 Å². The number of hydrogen-bond acceptors (Lipinski definition) is 5. The lowest BCUT2D eigenvalue weighted by molar-refractivity contribution is 0.238. The Morgan fingerprint density at radius 1 is 0.966 bits per heavy atom. The average Bonchev–Trinajstić information content (AvgIpc) is 3.16. The highest BCUT2D eigenvalue weighted by Gasteiger charge is 2.16. The predicted octanol–water partition coefficient (Wildman–Crippen LogP) is 4.70. The molecule has 0 fully saturated rings. The van der Waals surface area contributed by atoms with E-state index in [1.54, 1.807) is 25.6 Å². The highest BCUT2D eigenvalue weighted by Crippen LogP contribution is 2.38. The number of nitrogens with one attached hydrogen (secondary N) is 2. The van der Waals surface area contributed by atoms with Gasteiger partial charge in [0.2, 0.25) is 0 Å². The molecule has 2 aromatic carbocycles. The minimum absolute atomic E-state index is 0.0796. The zero-order chi connectivity index (χ0) is 20.8. The summed E-state index contributed by atoms with van der Waals surface area (Å²) in [5, 5.41) is 6.52. The summed E-state index contributed by atoms with van der Waals surface area (Å²) >= 11 is 1.57. The van der Waals surface area contributed by atoms with E-state index in [2.05, 4.69) is 10.6 Å². The number of nitrogens with zero attached hydrogens (tertiary/aromatic N) is 1. The molecule has 0 aliphatic heterocycles. The number of urea groups is 1. The van der Waals surface area contributed by atoms with Crippen molar-refractivity contribution in [2.75, 3.05) is 14.2 Å². The van der Waals surface area contributed by atoms with Gasteiger partial charge in [-0.05, 0) is 67.9 Å². The molecule has 0 bridgehead atoms. The molecule has 7 heteroatoms. The first-order chi connectivity index (χ1) is 14.0. The number of rotatable bonds is 7. The van der Waals surface area contributed by atoms with Crippen LogP contribution >= 0.6 is 11.3 Å². The summed E-state index contributed by atoms with van der Waals surface area (Å²) in [6.45, 7) is 4.21. The van der Waals surface area contributed by atoms with Crippen molar-refractivity contribution in [1.82, 2.24) is 15.6 Å². The number of aromatic nitrogens is 1. The molecule has 152 valence electrons. The van der Waals surface area contributed by atoms with E-state index < -0.39 is 0 Å². The van der Waals surface area contributed by atoms with Crippen LogP contribution in [0.2, 0.25) is 0 Å². The molecule has 0 saturated carbocycles. The average molecular weight is 412 g/mol. The molecule has 1 heterocycles. The molecule has 0 aliphatic rings. The standard InChI is InChI=1S/C22H25N3O3S/c1-14(2)24-22(26)23-13-19-25-20(15-5-9-17(27-3)10-6-15)21(29-19)16-7-11-18(28-4)12-8-16/h5-12,14H,13H2,1-4H3,(H2,23,24,26). The number of methoxy groups -OCH3 is 2. The molecular formula is C22H25N3O3S. The van der Waals surface area contributed by atoms with E-state index >= 15 is 0 Å². The Hall–Kier alpha value is -3.06. The third-order valence-electron chi connectivity index (χ3n) is 4.21. The van der Waals surface area contributed by atoms with Crippen LogP contribution < -0.4 is 20.1 Å². The van der Waals surface area contributed by atoms with Crippen molar-refractivity contribution in [3.8, 4) is 33.2 Å². The summed E-state index contributed by atoms with van der Waals surface area (Å²) in [6.07, 6.45) is 0. The third-order valence-corrected chi connectivity index (χ3v) is 5.31. The molecule has 29 heavy (non-hydrogen) atoms. The number of thiazole rings is 1. The number of benzene rings is 2. The highest BCUT2D eigenvalue weighted by molar-refractivity contribution is 7.15. The molecule has 1 aromatic heterocycles. The van der Waals surface area contributed by atoms with Crippen molar-refractivity contribution in [2.24, 2.45) is 0 Å². The second kappa shape index (κ2) is 9.43. The second-order valence-corrected chi connectivity index (χ2v) is 7.81. The van der Waals surface area contributed by atoms with Crippen molar-refractivity contribution in [1.29, 1.82) is 0 Å². The van der Waals surface area contributed by atoms with Crippen LogP contribution in [-0.4, -0.2) is 31.3 Å². The maximum atomic E-state index is 11.9. The Labute approximate surface area is 174 Å². The van der Waals surface area contributed by atoms with Crippen molar-refractivity contribution in [2.45, 2.75) is 26.4 Å². The Morgan fingerprint density at radius 3 is 2.03 bits per heavy atom. The van der Waals surface area contributed by atoms with Gasteiger partial charge in [0.25, 0.3) is 0 Å². The monoisotopic (exact) mass is 411 g/mol. The van der Waals surface area contributed by atoms with Crippen molar-refractivity contribution in [3.05, 3.63) is 53.5 Å². The molecule has 0 saturated heterocycles. The van der Waals surface area contributed by atoms with Crippen LogP contribution in [0.4, 0.5) is 4.79 Å². The lowest BCUT2D eigenvalue weighted by atomic mass is 10.1. The molecule has 0 aliphatic carbocycles. The van der Waals surface area contributed by atoms with Gasteiger partial charge in [-0.1, -0.05) is 0 Å². The summed E-state index contributed by atoms with van der Waals surface area (Å²) in [4.78, 5) is 17.8. The summed E-state index contributed by atoms with van der Waals surface area (Å²) in [5.74, 6) is 1.60. The number of amides is 2. The van der Waals surface area contributed by atoms with Crippen molar-refractivity contribution >= 4 is 17.4 Å². The molecule has 6 nitrogen and oxygen atoms in total. The van der Waals surface area contributed by atoms with Gasteiger partial charge < -0.3 is 20.1 Å². The van der Waals surface area contributed by atoms with Crippen molar-refractivity contribution in [3.63, 3.8) is 0 Å². The first-order valence-corrected chi connectivity index (χ1v) is 10.1. The summed E-state index contributed by atoms with van der Waals surface area (Å²) in [5.41, 5.74) is 2.92. The first-order valence-electron chi connectivity index (χ1n) is 9.33. The van der Waals surface area contributed by atoms with E-state index in [0.29, 0.717) is 6.54 Å². The Kier molecular flexibility index (Phi) is 6.72. The quantitative estimate of drug-likeness (QED) is 0.591. The van der Waals surface area contributed by atoms with Gasteiger partial charge in [-0.2, -0.15) is 0 Å². The summed E-state index contributed by atoms with van der Waals surface area (Å²) in [7, 11) is 3.29. The fourth-order valence-corrected chi connectivity index (χ4v) is 3.82. The normalized spacial score (nSPS) is 10.7. The van der Waals surface area contributed by atoms with E-state index in [1.807, 2.05) is 62.4 Å². The Balaban J connectivity index is 1.92. The number of carbonyl (C=O) groups excluding carboxylic acids is 1. The third kappa shape index (κ3) is 5.26. The molecule has 3 aromatic rings. The van der Waals surface area contributed by atoms with Crippen molar-refractivity contribution < 1.29 is 14.3 Å². The van der Waals surface area contributed by atoms with Gasteiger partial charge in [-0.3, -0.25) is 0 Å². The van der Waals surface area contributed by atoms with Gasteiger partial charge in [0.1, 0.15) is 16.5 Å². The van der Waals surface area contributed by atoms with Gasteiger partial charge in [-0.25, -0.2) is 9.78 Å². The van der Waals surface area contributed by atoms with Crippen LogP contribution in [0, 0.1) is 0 Å². The maximum absolute atomic E-state index is 11.9. The van der Waals surface area contributed by atoms with Crippen LogP contribution in [0.15, 0.2) is 48.5 Å². The minimum atomic E-state index is -0.202. The largest absolute Gasteiger partial charge is 0.497 e. The topological polar surface area (TPSA) is 72.5 Å². The zero-order valence-corrected chi connectivity index (χ0v) is 17.8. The van der Waals surface area contributed by atoms with E-state index in [-0.39, 0.29) is 12.1 Å². The Bertz CT molecular complexity index is 885. The van der Waals surface area contributed by atoms with E-state index in [9.17, 15) is 4.79 Å². The fourth-order valence-electron chi connectivity index (χ4n) is 2.79. The maximum Gasteiger partial charge on any atom is 0.315 e. The predicted molar refractivity (Wildman–Crippen MR) is 117 cm³/mol. The lowest BCUT2D eigenvalue weighted by Gasteiger charge is -2.08. The molecule has 0 spiro atoms. The van der Waals surface area contributed by atoms with Gasteiger partial charge in [0.15, 0.2) is 0 Å². The van der Waals surface area contributed by atoms with E-state index in [4.69, 9.17) is 14.5 Å². The fraction of sp³-hybridized carbons (Fsp3) is 0.273. The van der Waals surface area contributed by atoms with Crippen LogP contribution in [0.1, 0.15) is 18.9 Å². The number of ether oxygens (including phenoxy) is 2. The van der Waals surface area contributed by atoms with E-state index in [0.717, 1.165) is 38.2 Å². The molecule has 3 rings (SSSR count). The smallest absolute Gasteiger partial charge is 0.315 e. The van der Waals surface area contributed by atoms with E-state index in [1.165, 1.54) is 0 Å². The van der Waals surface area contributed by atoms with Crippen LogP contribution in [0.25, 0.3) is 21.7 Å². The highest BCUT2D eigenvalue weighted by atomic mass is 32.1. The van der Waals surface area contributed by atoms with Crippen LogP contribution in [0.3, 0.4) is 0 Å².